The molecule has 1 unspecified atom stereocenters. The molecular formula is C19H24ClN5O. The maximum Gasteiger partial charge on any atom is 0.242 e. The van der Waals surface area contributed by atoms with Crippen LogP contribution in [0.15, 0.2) is 24.3 Å². The molecule has 26 heavy (non-hydrogen) atoms. The summed E-state index contributed by atoms with van der Waals surface area (Å²) in [6.45, 7) is 2.18. The van der Waals surface area contributed by atoms with Crippen LogP contribution < -0.4 is 4.90 Å². The van der Waals surface area contributed by atoms with E-state index in [4.69, 9.17) is 11.6 Å². The number of halogens is 1. The van der Waals surface area contributed by atoms with Crippen molar-refractivity contribution in [3.05, 3.63) is 29.3 Å². The topological polar surface area (TPSA) is 54.3 Å². The van der Waals surface area contributed by atoms with Crippen LogP contribution in [-0.4, -0.2) is 52.8 Å². The SMILES string of the molecule is CN(C)C(=O)Cn1c(-c2ccccc2Cl)nnc1N1CCC(C2CC2)C1. The fraction of sp³-hybridized carbons (Fsp3) is 0.526. The number of likely N-dealkylation sites (N-methyl/N-ethyl adjacent to an activating group) is 1. The summed E-state index contributed by atoms with van der Waals surface area (Å²) in [5, 5.41) is 9.47. The minimum absolute atomic E-state index is 0.0114. The molecule has 1 saturated carbocycles. The summed E-state index contributed by atoms with van der Waals surface area (Å²) >= 11 is 6.38. The van der Waals surface area contributed by atoms with Gasteiger partial charge in [0.1, 0.15) is 6.54 Å². The second kappa shape index (κ2) is 6.91. The second-order valence-electron chi connectivity index (χ2n) is 7.51. The second-order valence-corrected chi connectivity index (χ2v) is 7.92. The van der Waals surface area contributed by atoms with Gasteiger partial charge in [0.2, 0.25) is 11.9 Å². The molecule has 2 heterocycles. The predicted octanol–water partition coefficient (Wildman–Crippen LogP) is 2.92. The van der Waals surface area contributed by atoms with Crippen LogP contribution in [0.5, 0.6) is 0 Å². The predicted molar refractivity (Wildman–Crippen MR) is 102 cm³/mol. The third kappa shape index (κ3) is 3.30. The molecule has 1 amide bonds. The van der Waals surface area contributed by atoms with Crippen molar-refractivity contribution in [3.8, 4) is 11.4 Å². The van der Waals surface area contributed by atoms with E-state index in [1.807, 2.05) is 28.8 Å². The Morgan fingerprint density at radius 2 is 1.96 bits per heavy atom. The van der Waals surface area contributed by atoms with Crippen LogP contribution in [0.2, 0.25) is 5.02 Å². The van der Waals surface area contributed by atoms with E-state index in [0.717, 1.165) is 36.4 Å². The molecule has 1 aromatic carbocycles. The number of rotatable bonds is 5. The lowest BCUT2D eigenvalue weighted by atomic mass is 10.0. The Balaban J connectivity index is 1.69. The maximum absolute atomic E-state index is 12.4. The van der Waals surface area contributed by atoms with Gasteiger partial charge in [0.25, 0.3) is 0 Å². The van der Waals surface area contributed by atoms with Crippen LogP contribution in [-0.2, 0) is 11.3 Å². The van der Waals surface area contributed by atoms with E-state index in [0.29, 0.717) is 10.8 Å². The van der Waals surface area contributed by atoms with Gasteiger partial charge in [-0.2, -0.15) is 0 Å². The minimum atomic E-state index is 0.0114. The van der Waals surface area contributed by atoms with E-state index in [-0.39, 0.29) is 12.5 Å². The third-order valence-electron chi connectivity index (χ3n) is 5.43. The van der Waals surface area contributed by atoms with Crippen LogP contribution >= 0.6 is 11.6 Å². The molecule has 2 fully saturated rings. The van der Waals surface area contributed by atoms with E-state index in [2.05, 4.69) is 15.1 Å². The van der Waals surface area contributed by atoms with Crippen molar-refractivity contribution in [2.75, 3.05) is 32.1 Å². The summed E-state index contributed by atoms with van der Waals surface area (Å²) in [7, 11) is 3.53. The molecule has 0 spiro atoms. The van der Waals surface area contributed by atoms with Gasteiger partial charge in [0, 0.05) is 32.7 Å². The van der Waals surface area contributed by atoms with Crippen molar-refractivity contribution in [2.24, 2.45) is 11.8 Å². The molecule has 1 aliphatic carbocycles. The number of aromatic nitrogens is 3. The molecule has 7 heteroatoms. The van der Waals surface area contributed by atoms with Crippen molar-refractivity contribution in [3.63, 3.8) is 0 Å². The highest BCUT2D eigenvalue weighted by Crippen LogP contribution is 2.42. The summed E-state index contributed by atoms with van der Waals surface area (Å²) in [5.41, 5.74) is 0.803. The van der Waals surface area contributed by atoms with Crippen molar-refractivity contribution in [2.45, 2.75) is 25.8 Å². The Hall–Kier alpha value is -2.08. The van der Waals surface area contributed by atoms with Gasteiger partial charge in [-0.3, -0.25) is 9.36 Å². The summed E-state index contributed by atoms with van der Waals surface area (Å²) in [6.07, 6.45) is 3.91. The summed E-state index contributed by atoms with van der Waals surface area (Å²) in [4.78, 5) is 16.3. The lowest BCUT2D eigenvalue weighted by molar-refractivity contribution is -0.129. The molecule has 1 aromatic heterocycles. The largest absolute Gasteiger partial charge is 0.347 e. The van der Waals surface area contributed by atoms with Gasteiger partial charge in [0.05, 0.1) is 5.02 Å². The van der Waals surface area contributed by atoms with E-state index < -0.39 is 0 Å². The first kappa shape index (κ1) is 17.3. The first-order valence-corrected chi connectivity index (χ1v) is 9.55. The average Bonchev–Trinajstić information content (AvgIpc) is 3.21. The quantitative estimate of drug-likeness (QED) is 0.808. The summed E-state index contributed by atoms with van der Waals surface area (Å²) < 4.78 is 1.92. The Morgan fingerprint density at radius 3 is 2.65 bits per heavy atom. The Labute approximate surface area is 158 Å². The highest BCUT2D eigenvalue weighted by Gasteiger charge is 2.37. The van der Waals surface area contributed by atoms with Gasteiger partial charge in [-0.15, -0.1) is 10.2 Å². The van der Waals surface area contributed by atoms with E-state index in [9.17, 15) is 4.79 Å². The minimum Gasteiger partial charge on any atom is -0.347 e. The fourth-order valence-corrected chi connectivity index (χ4v) is 3.93. The first-order valence-electron chi connectivity index (χ1n) is 9.18. The molecule has 1 saturated heterocycles. The lowest BCUT2D eigenvalue weighted by Gasteiger charge is -2.20. The average molecular weight is 374 g/mol. The number of hydrogen-bond acceptors (Lipinski definition) is 4. The molecule has 6 nitrogen and oxygen atoms in total. The zero-order valence-corrected chi connectivity index (χ0v) is 16.0. The normalized spacial score (nSPS) is 19.8. The Bertz CT molecular complexity index is 814. The molecule has 0 bridgehead atoms. The molecule has 4 rings (SSSR count). The first-order chi connectivity index (χ1) is 12.5. The number of carbonyl (C=O) groups is 1. The van der Waals surface area contributed by atoms with Crippen LogP contribution in [0.4, 0.5) is 5.95 Å². The summed E-state index contributed by atoms with van der Waals surface area (Å²) in [6, 6.07) is 7.57. The Kier molecular flexibility index (Phi) is 4.61. The van der Waals surface area contributed by atoms with E-state index in [1.54, 1.807) is 19.0 Å². The number of anilines is 1. The molecule has 0 radical (unpaired) electrons. The van der Waals surface area contributed by atoms with Crippen molar-refractivity contribution in [1.29, 1.82) is 0 Å². The van der Waals surface area contributed by atoms with Crippen LogP contribution in [0.3, 0.4) is 0 Å². The smallest absolute Gasteiger partial charge is 0.242 e. The monoisotopic (exact) mass is 373 g/mol. The highest BCUT2D eigenvalue weighted by atomic mass is 35.5. The van der Waals surface area contributed by atoms with E-state index in [1.165, 1.54) is 19.3 Å². The fourth-order valence-electron chi connectivity index (χ4n) is 3.71. The van der Waals surface area contributed by atoms with Crippen molar-refractivity contribution < 1.29 is 4.79 Å². The standard InChI is InChI=1S/C19H24ClN5O/c1-23(2)17(26)12-25-18(15-5-3-4-6-16(15)20)21-22-19(25)24-10-9-14(11-24)13-7-8-13/h3-6,13-14H,7-12H2,1-2H3. The number of nitrogens with zero attached hydrogens (tertiary/aromatic N) is 5. The van der Waals surface area contributed by atoms with Gasteiger partial charge in [-0.25, -0.2) is 0 Å². The zero-order valence-electron chi connectivity index (χ0n) is 15.2. The molecule has 2 aromatic rings. The number of amides is 1. The van der Waals surface area contributed by atoms with Crippen molar-refractivity contribution >= 4 is 23.5 Å². The molecule has 2 aliphatic rings. The van der Waals surface area contributed by atoms with Crippen LogP contribution in [0.25, 0.3) is 11.4 Å². The molecule has 1 atom stereocenters. The Morgan fingerprint density at radius 1 is 1.19 bits per heavy atom. The molecular weight excluding hydrogens is 350 g/mol. The number of hydrogen-bond donors (Lipinski definition) is 0. The molecule has 138 valence electrons. The molecule has 0 N–H and O–H groups in total. The van der Waals surface area contributed by atoms with Crippen LogP contribution in [0.1, 0.15) is 19.3 Å². The lowest BCUT2D eigenvalue weighted by Crippen LogP contribution is -2.30. The van der Waals surface area contributed by atoms with Gasteiger partial charge in [-0.1, -0.05) is 23.7 Å². The summed E-state index contributed by atoms with van der Waals surface area (Å²) in [5.74, 6) is 3.06. The molecule has 1 aliphatic heterocycles. The van der Waals surface area contributed by atoms with Gasteiger partial charge in [0.15, 0.2) is 5.82 Å². The number of benzene rings is 1. The van der Waals surface area contributed by atoms with Gasteiger partial charge < -0.3 is 9.80 Å². The number of carbonyl (C=O) groups excluding carboxylic acids is 1. The van der Waals surface area contributed by atoms with Crippen LogP contribution in [0, 0.1) is 11.8 Å². The van der Waals surface area contributed by atoms with Gasteiger partial charge >= 0.3 is 0 Å². The maximum atomic E-state index is 12.4. The van der Waals surface area contributed by atoms with Crippen molar-refractivity contribution in [1.82, 2.24) is 19.7 Å². The van der Waals surface area contributed by atoms with Gasteiger partial charge in [-0.05, 0) is 43.2 Å². The van der Waals surface area contributed by atoms with E-state index >= 15 is 0 Å². The zero-order chi connectivity index (χ0) is 18.3. The highest BCUT2D eigenvalue weighted by molar-refractivity contribution is 6.33. The third-order valence-corrected chi connectivity index (χ3v) is 5.76.